The lowest BCUT2D eigenvalue weighted by Crippen LogP contribution is -2.22. The van der Waals surface area contributed by atoms with Crippen molar-refractivity contribution in [3.63, 3.8) is 0 Å². The lowest BCUT2D eigenvalue weighted by atomic mass is 9.92. The third-order valence-corrected chi connectivity index (χ3v) is 3.71. The van der Waals surface area contributed by atoms with Crippen LogP contribution in [0.2, 0.25) is 0 Å². The molecule has 0 amide bonds. The summed E-state index contributed by atoms with van der Waals surface area (Å²) in [5.41, 5.74) is 0. The van der Waals surface area contributed by atoms with E-state index < -0.39 is 6.17 Å². The van der Waals surface area contributed by atoms with Crippen LogP contribution in [0.15, 0.2) is 0 Å². The molecular weight excluding hydrogens is 183 g/mol. The van der Waals surface area contributed by atoms with E-state index in [1.807, 2.05) is 6.92 Å². The zero-order valence-electron chi connectivity index (χ0n) is 8.54. The van der Waals surface area contributed by atoms with Gasteiger partial charge in [0.25, 0.3) is 0 Å². The van der Waals surface area contributed by atoms with Crippen molar-refractivity contribution >= 4 is 5.97 Å². The third kappa shape index (κ3) is 1.53. The monoisotopic (exact) mass is 200 g/mol. The molecule has 0 unspecified atom stereocenters. The van der Waals surface area contributed by atoms with E-state index in [9.17, 15) is 9.18 Å². The average Bonchev–Trinajstić information content (AvgIpc) is 2.69. The van der Waals surface area contributed by atoms with Gasteiger partial charge in [0, 0.05) is 0 Å². The molecule has 2 fully saturated rings. The van der Waals surface area contributed by atoms with Gasteiger partial charge in [0.15, 0.2) is 0 Å². The Morgan fingerprint density at radius 1 is 1.29 bits per heavy atom. The normalized spacial score (nSPS) is 41.0. The Morgan fingerprint density at radius 3 is 2.71 bits per heavy atom. The SMILES string of the molecule is CCOC(=O)[C@H]1CC[C@H]2[C@@H]1CC[C@@H]2F. The van der Waals surface area contributed by atoms with Crippen molar-refractivity contribution in [1.82, 2.24) is 0 Å². The van der Waals surface area contributed by atoms with Gasteiger partial charge < -0.3 is 4.74 Å². The molecule has 80 valence electrons. The Balaban J connectivity index is 1.99. The molecule has 2 saturated carbocycles. The molecule has 0 radical (unpaired) electrons. The van der Waals surface area contributed by atoms with Crippen molar-refractivity contribution in [3.05, 3.63) is 0 Å². The lowest BCUT2D eigenvalue weighted by Gasteiger charge is -2.16. The average molecular weight is 200 g/mol. The summed E-state index contributed by atoms with van der Waals surface area (Å²) in [7, 11) is 0. The van der Waals surface area contributed by atoms with Gasteiger partial charge in [-0.1, -0.05) is 0 Å². The fourth-order valence-electron chi connectivity index (χ4n) is 3.07. The van der Waals surface area contributed by atoms with Crippen LogP contribution in [0.3, 0.4) is 0 Å². The van der Waals surface area contributed by atoms with Crippen LogP contribution in [0.25, 0.3) is 0 Å². The molecule has 0 heterocycles. The fourth-order valence-corrected chi connectivity index (χ4v) is 3.07. The second-order valence-corrected chi connectivity index (χ2v) is 4.36. The van der Waals surface area contributed by atoms with E-state index in [1.54, 1.807) is 0 Å². The van der Waals surface area contributed by atoms with E-state index >= 15 is 0 Å². The highest BCUT2D eigenvalue weighted by atomic mass is 19.1. The predicted molar refractivity (Wildman–Crippen MR) is 50.5 cm³/mol. The standard InChI is InChI=1S/C11H17FO2/c1-2-14-11(13)9-4-3-8-7(9)5-6-10(8)12/h7-10H,2-6H2,1H3/t7-,8-,9-,10-/m0/s1. The predicted octanol–water partition coefficient (Wildman–Crippen LogP) is 2.32. The molecule has 0 aliphatic heterocycles. The first-order chi connectivity index (χ1) is 6.74. The van der Waals surface area contributed by atoms with Crippen LogP contribution in [-0.2, 0) is 9.53 Å². The van der Waals surface area contributed by atoms with Crippen molar-refractivity contribution in [2.24, 2.45) is 17.8 Å². The molecule has 0 aromatic carbocycles. The van der Waals surface area contributed by atoms with Gasteiger partial charge in [-0.25, -0.2) is 4.39 Å². The highest BCUT2D eigenvalue weighted by Gasteiger charge is 2.48. The van der Waals surface area contributed by atoms with Crippen LogP contribution in [0.1, 0.15) is 32.6 Å². The van der Waals surface area contributed by atoms with Crippen molar-refractivity contribution < 1.29 is 13.9 Å². The molecule has 4 atom stereocenters. The molecule has 0 N–H and O–H groups in total. The molecule has 0 aromatic heterocycles. The quantitative estimate of drug-likeness (QED) is 0.639. The van der Waals surface area contributed by atoms with E-state index in [-0.39, 0.29) is 23.7 Å². The summed E-state index contributed by atoms with van der Waals surface area (Å²) in [6, 6.07) is 0. The topological polar surface area (TPSA) is 26.3 Å². The van der Waals surface area contributed by atoms with E-state index in [0.29, 0.717) is 13.0 Å². The van der Waals surface area contributed by atoms with Crippen LogP contribution in [-0.4, -0.2) is 18.7 Å². The maximum Gasteiger partial charge on any atom is 0.309 e. The molecule has 0 spiro atoms. The molecule has 0 aromatic rings. The molecule has 2 nitrogen and oxygen atoms in total. The van der Waals surface area contributed by atoms with Crippen LogP contribution in [0.5, 0.6) is 0 Å². The number of alkyl halides is 1. The van der Waals surface area contributed by atoms with Crippen molar-refractivity contribution in [3.8, 4) is 0 Å². The first-order valence-corrected chi connectivity index (χ1v) is 5.54. The Morgan fingerprint density at radius 2 is 2.00 bits per heavy atom. The number of ether oxygens (including phenoxy) is 1. The molecule has 14 heavy (non-hydrogen) atoms. The largest absolute Gasteiger partial charge is 0.466 e. The lowest BCUT2D eigenvalue weighted by molar-refractivity contribution is -0.149. The second kappa shape index (κ2) is 3.87. The van der Waals surface area contributed by atoms with Gasteiger partial charge in [0.1, 0.15) is 6.17 Å². The smallest absolute Gasteiger partial charge is 0.309 e. The molecule has 0 saturated heterocycles. The summed E-state index contributed by atoms with van der Waals surface area (Å²) in [5, 5.41) is 0. The van der Waals surface area contributed by atoms with Crippen LogP contribution < -0.4 is 0 Å². The Bertz CT molecular complexity index is 229. The Labute approximate surface area is 83.8 Å². The molecule has 3 heteroatoms. The molecule has 0 bridgehead atoms. The van der Waals surface area contributed by atoms with E-state index in [1.165, 1.54) is 0 Å². The van der Waals surface area contributed by atoms with Gasteiger partial charge in [-0.15, -0.1) is 0 Å². The highest BCUT2D eigenvalue weighted by molar-refractivity contribution is 5.73. The first-order valence-electron chi connectivity index (χ1n) is 5.54. The number of fused-ring (bicyclic) bond motifs is 1. The summed E-state index contributed by atoms with van der Waals surface area (Å²) < 4.78 is 18.4. The fraction of sp³-hybridized carbons (Fsp3) is 0.909. The van der Waals surface area contributed by atoms with Gasteiger partial charge in [-0.3, -0.25) is 4.79 Å². The number of esters is 1. The van der Waals surface area contributed by atoms with Gasteiger partial charge in [-0.05, 0) is 44.4 Å². The summed E-state index contributed by atoms with van der Waals surface area (Å²) in [6.45, 7) is 2.25. The summed E-state index contributed by atoms with van der Waals surface area (Å²) in [6.07, 6.45) is 2.55. The first kappa shape index (κ1) is 9.94. The minimum absolute atomic E-state index is 0.0132. The van der Waals surface area contributed by atoms with Gasteiger partial charge >= 0.3 is 5.97 Å². The molecule has 2 aliphatic rings. The Hall–Kier alpha value is -0.600. The van der Waals surface area contributed by atoms with Gasteiger partial charge in [-0.2, -0.15) is 0 Å². The number of carbonyl (C=O) groups is 1. The van der Waals surface area contributed by atoms with Crippen LogP contribution >= 0.6 is 0 Å². The Kier molecular flexibility index (Phi) is 2.75. The zero-order valence-corrected chi connectivity index (χ0v) is 8.54. The third-order valence-electron chi connectivity index (χ3n) is 3.71. The van der Waals surface area contributed by atoms with Gasteiger partial charge in [0.05, 0.1) is 12.5 Å². The number of rotatable bonds is 2. The number of hydrogen-bond donors (Lipinski definition) is 0. The molecule has 2 aliphatic carbocycles. The van der Waals surface area contributed by atoms with Crippen LogP contribution in [0, 0.1) is 17.8 Å². The van der Waals surface area contributed by atoms with Crippen LogP contribution in [0.4, 0.5) is 4.39 Å². The van der Waals surface area contributed by atoms with E-state index in [0.717, 1.165) is 19.3 Å². The summed E-state index contributed by atoms with van der Waals surface area (Å²) in [5.74, 6) is 0.295. The van der Waals surface area contributed by atoms with Crippen molar-refractivity contribution in [2.45, 2.75) is 38.8 Å². The maximum absolute atomic E-state index is 13.3. The molecule has 2 rings (SSSR count). The summed E-state index contributed by atoms with van der Waals surface area (Å²) >= 11 is 0. The number of hydrogen-bond acceptors (Lipinski definition) is 2. The van der Waals surface area contributed by atoms with E-state index in [2.05, 4.69) is 0 Å². The van der Waals surface area contributed by atoms with Gasteiger partial charge in [0.2, 0.25) is 0 Å². The highest BCUT2D eigenvalue weighted by Crippen LogP contribution is 2.49. The zero-order chi connectivity index (χ0) is 10.1. The minimum atomic E-state index is -0.667. The second-order valence-electron chi connectivity index (χ2n) is 4.36. The minimum Gasteiger partial charge on any atom is -0.466 e. The number of carbonyl (C=O) groups excluding carboxylic acids is 1. The van der Waals surface area contributed by atoms with Crippen molar-refractivity contribution in [1.29, 1.82) is 0 Å². The maximum atomic E-state index is 13.3. The summed E-state index contributed by atoms with van der Waals surface area (Å²) in [4.78, 5) is 11.5. The molecular formula is C11H17FO2. The van der Waals surface area contributed by atoms with E-state index in [4.69, 9.17) is 4.74 Å². The number of halogens is 1. The van der Waals surface area contributed by atoms with Crippen molar-refractivity contribution in [2.75, 3.05) is 6.61 Å².